The Morgan fingerprint density at radius 1 is 1.15 bits per heavy atom. The van der Waals surface area contributed by atoms with Crippen LogP contribution in [0.5, 0.6) is 5.75 Å². The highest BCUT2D eigenvalue weighted by Gasteiger charge is 2.03. The molecular weight excluding hydrogens is 272 g/mol. The van der Waals surface area contributed by atoms with Crippen LogP contribution in [0.25, 0.3) is 0 Å². The number of nitrogens with zero attached hydrogens (tertiary/aromatic N) is 1. The second-order valence-corrected chi connectivity index (χ2v) is 4.89. The van der Waals surface area contributed by atoms with E-state index in [1.165, 1.54) is 0 Å². The molecule has 0 spiro atoms. The van der Waals surface area contributed by atoms with Crippen molar-refractivity contribution in [3.05, 3.63) is 59.1 Å². The Hall–Kier alpha value is -2.00. The Kier molecular flexibility index (Phi) is 5.02. The molecule has 1 N–H and O–H groups in total. The maximum atomic E-state index is 5.84. The molecule has 0 aliphatic carbocycles. The number of benzene rings is 2. The SMILES string of the molecule is COc1ccccc1C/C(C)=N\Nc1ccc(Cl)cc1. The summed E-state index contributed by atoms with van der Waals surface area (Å²) in [5.41, 5.74) is 6.02. The second kappa shape index (κ2) is 6.96. The van der Waals surface area contributed by atoms with Crippen LogP contribution >= 0.6 is 11.6 Å². The van der Waals surface area contributed by atoms with Crippen LogP contribution in [0.3, 0.4) is 0 Å². The molecule has 0 radical (unpaired) electrons. The van der Waals surface area contributed by atoms with Crippen molar-refractivity contribution >= 4 is 23.0 Å². The molecule has 0 bridgehead atoms. The van der Waals surface area contributed by atoms with Gasteiger partial charge in [0.1, 0.15) is 5.75 Å². The number of methoxy groups -OCH3 is 1. The number of para-hydroxylation sites is 1. The Balaban J connectivity index is 2.02. The molecule has 2 aromatic carbocycles. The van der Waals surface area contributed by atoms with Gasteiger partial charge in [0.05, 0.1) is 12.8 Å². The van der Waals surface area contributed by atoms with E-state index in [0.29, 0.717) is 5.02 Å². The van der Waals surface area contributed by atoms with Crippen LogP contribution < -0.4 is 10.2 Å². The van der Waals surface area contributed by atoms with Crippen LogP contribution in [-0.2, 0) is 6.42 Å². The third kappa shape index (κ3) is 4.00. The third-order valence-electron chi connectivity index (χ3n) is 2.86. The lowest BCUT2D eigenvalue weighted by molar-refractivity contribution is 0.411. The van der Waals surface area contributed by atoms with E-state index in [9.17, 15) is 0 Å². The Morgan fingerprint density at radius 2 is 1.85 bits per heavy atom. The van der Waals surface area contributed by atoms with Crippen molar-refractivity contribution in [3.63, 3.8) is 0 Å². The standard InChI is InChI=1S/C16H17ClN2O/c1-12(11-13-5-3-4-6-16(13)20-2)18-19-15-9-7-14(17)8-10-15/h3-10,19H,11H2,1-2H3/b18-12-. The van der Waals surface area contributed by atoms with Crippen molar-refractivity contribution in [2.45, 2.75) is 13.3 Å². The lowest BCUT2D eigenvalue weighted by Gasteiger charge is -2.08. The average Bonchev–Trinajstić information content (AvgIpc) is 2.47. The highest BCUT2D eigenvalue weighted by atomic mass is 35.5. The molecule has 4 heteroatoms. The van der Waals surface area contributed by atoms with Gasteiger partial charge in [-0.05, 0) is 42.8 Å². The summed E-state index contributed by atoms with van der Waals surface area (Å²) in [5, 5.41) is 5.08. The zero-order valence-corrected chi connectivity index (χ0v) is 12.3. The van der Waals surface area contributed by atoms with Crippen molar-refractivity contribution in [1.29, 1.82) is 0 Å². The molecule has 0 aliphatic heterocycles. The van der Waals surface area contributed by atoms with E-state index >= 15 is 0 Å². The number of anilines is 1. The molecule has 0 saturated carbocycles. The first kappa shape index (κ1) is 14.4. The molecule has 0 atom stereocenters. The molecule has 0 aliphatic rings. The van der Waals surface area contributed by atoms with Crippen LogP contribution in [-0.4, -0.2) is 12.8 Å². The third-order valence-corrected chi connectivity index (χ3v) is 3.11. The minimum Gasteiger partial charge on any atom is -0.496 e. The van der Waals surface area contributed by atoms with E-state index < -0.39 is 0 Å². The zero-order valence-electron chi connectivity index (χ0n) is 11.6. The predicted octanol–water partition coefficient (Wildman–Crippen LogP) is 4.38. The highest BCUT2D eigenvalue weighted by Crippen LogP contribution is 2.18. The number of hydrogen-bond donors (Lipinski definition) is 1. The topological polar surface area (TPSA) is 33.6 Å². The largest absolute Gasteiger partial charge is 0.496 e. The number of rotatable bonds is 5. The molecule has 0 unspecified atom stereocenters. The molecule has 3 nitrogen and oxygen atoms in total. The number of nitrogens with one attached hydrogen (secondary N) is 1. The smallest absolute Gasteiger partial charge is 0.122 e. The van der Waals surface area contributed by atoms with Crippen molar-refractivity contribution in [1.82, 2.24) is 0 Å². The zero-order chi connectivity index (χ0) is 14.4. The van der Waals surface area contributed by atoms with Gasteiger partial charge in [0.25, 0.3) is 0 Å². The summed E-state index contributed by atoms with van der Waals surface area (Å²) >= 11 is 5.84. The first-order chi connectivity index (χ1) is 9.69. The van der Waals surface area contributed by atoms with Gasteiger partial charge in [0.2, 0.25) is 0 Å². The van der Waals surface area contributed by atoms with Gasteiger partial charge in [-0.3, -0.25) is 5.43 Å². The fourth-order valence-electron chi connectivity index (χ4n) is 1.85. The number of ether oxygens (including phenoxy) is 1. The summed E-state index contributed by atoms with van der Waals surface area (Å²) in [6.07, 6.45) is 0.741. The highest BCUT2D eigenvalue weighted by molar-refractivity contribution is 6.30. The molecule has 0 aromatic heterocycles. The van der Waals surface area contributed by atoms with Crippen LogP contribution in [0.2, 0.25) is 5.02 Å². The first-order valence-electron chi connectivity index (χ1n) is 6.35. The minimum atomic E-state index is 0.713. The van der Waals surface area contributed by atoms with E-state index in [2.05, 4.69) is 10.5 Å². The van der Waals surface area contributed by atoms with E-state index in [1.54, 1.807) is 7.11 Å². The minimum absolute atomic E-state index is 0.713. The van der Waals surface area contributed by atoms with Crippen LogP contribution in [0.1, 0.15) is 12.5 Å². The molecule has 20 heavy (non-hydrogen) atoms. The molecule has 0 saturated heterocycles. The number of halogens is 1. The molecule has 2 rings (SSSR count). The maximum absolute atomic E-state index is 5.84. The summed E-state index contributed by atoms with van der Waals surface area (Å²) in [6.45, 7) is 1.98. The van der Waals surface area contributed by atoms with Crippen molar-refractivity contribution in [3.8, 4) is 5.75 Å². The average molecular weight is 289 g/mol. The quantitative estimate of drug-likeness (QED) is 0.654. The normalized spacial score (nSPS) is 11.2. The van der Waals surface area contributed by atoms with Gasteiger partial charge in [0.15, 0.2) is 0 Å². The predicted molar refractivity (Wildman–Crippen MR) is 84.9 cm³/mol. The summed E-state index contributed by atoms with van der Waals surface area (Å²) < 4.78 is 5.33. The Morgan fingerprint density at radius 3 is 2.55 bits per heavy atom. The Labute approximate surface area is 124 Å². The van der Waals surface area contributed by atoms with Crippen molar-refractivity contribution < 1.29 is 4.74 Å². The van der Waals surface area contributed by atoms with Gasteiger partial charge < -0.3 is 4.74 Å². The van der Waals surface area contributed by atoms with Gasteiger partial charge in [-0.15, -0.1) is 0 Å². The van der Waals surface area contributed by atoms with Gasteiger partial charge in [0, 0.05) is 17.2 Å². The van der Waals surface area contributed by atoms with E-state index in [4.69, 9.17) is 16.3 Å². The van der Waals surface area contributed by atoms with Gasteiger partial charge in [-0.1, -0.05) is 29.8 Å². The second-order valence-electron chi connectivity index (χ2n) is 4.45. The molecule has 104 valence electrons. The molecule has 2 aromatic rings. The summed E-state index contributed by atoms with van der Waals surface area (Å²) in [6, 6.07) is 15.4. The van der Waals surface area contributed by atoms with E-state index in [1.807, 2.05) is 55.5 Å². The van der Waals surface area contributed by atoms with Gasteiger partial charge >= 0.3 is 0 Å². The molecule has 0 fully saturated rings. The van der Waals surface area contributed by atoms with Crippen LogP contribution in [0, 0.1) is 0 Å². The molecule has 0 amide bonds. The van der Waals surface area contributed by atoms with E-state index in [-0.39, 0.29) is 0 Å². The first-order valence-corrected chi connectivity index (χ1v) is 6.73. The van der Waals surface area contributed by atoms with E-state index in [0.717, 1.165) is 29.1 Å². The van der Waals surface area contributed by atoms with Gasteiger partial charge in [-0.2, -0.15) is 5.10 Å². The van der Waals surface area contributed by atoms with Crippen LogP contribution in [0.15, 0.2) is 53.6 Å². The Bertz CT molecular complexity index is 594. The summed E-state index contributed by atoms with van der Waals surface area (Å²) in [4.78, 5) is 0. The number of hydrogen-bond acceptors (Lipinski definition) is 3. The lowest BCUT2D eigenvalue weighted by atomic mass is 10.1. The molecular formula is C16H17ClN2O. The van der Waals surface area contributed by atoms with Gasteiger partial charge in [-0.25, -0.2) is 0 Å². The molecule has 0 heterocycles. The summed E-state index contributed by atoms with van der Waals surface area (Å²) in [7, 11) is 1.68. The maximum Gasteiger partial charge on any atom is 0.122 e. The van der Waals surface area contributed by atoms with Crippen molar-refractivity contribution in [2.75, 3.05) is 12.5 Å². The van der Waals surface area contributed by atoms with Crippen molar-refractivity contribution in [2.24, 2.45) is 5.10 Å². The monoisotopic (exact) mass is 288 g/mol. The fourth-order valence-corrected chi connectivity index (χ4v) is 1.97. The lowest BCUT2D eigenvalue weighted by Crippen LogP contribution is -2.03. The van der Waals surface area contributed by atoms with Crippen LogP contribution in [0.4, 0.5) is 5.69 Å². The fraction of sp³-hybridized carbons (Fsp3) is 0.188. The number of hydrazone groups is 1. The summed E-state index contributed by atoms with van der Waals surface area (Å²) in [5.74, 6) is 0.883.